The van der Waals surface area contributed by atoms with Gasteiger partial charge >= 0.3 is 0 Å². The van der Waals surface area contributed by atoms with Gasteiger partial charge in [0.05, 0.1) is 0 Å². The Hall–Kier alpha value is -0.0400. The largest absolute Gasteiger partial charge is 0.298 e. The summed E-state index contributed by atoms with van der Waals surface area (Å²) in [6.07, 6.45) is 7.47. The van der Waals surface area contributed by atoms with Crippen LogP contribution in [0.1, 0.15) is 52.9 Å². The minimum Gasteiger partial charge on any atom is -0.298 e. The van der Waals surface area contributed by atoms with Gasteiger partial charge in [-0.15, -0.1) is 0 Å². The van der Waals surface area contributed by atoms with Crippen LogP contribution in [0.25, 0.3) is 0 Å². The van der Waals surface area contributed by atoms with Gasteiger partial charge in [-0.25, -0.2) is 0 Å². The maximum Gasteiger partial charge on any atom is 0.0125 e. The molecule has 2 unspecified atom stereocenters. The van der Waals surface area contributed by atoms with Crippen LogP contribution in [-0.2, 0) is 0 Å². The molecule has 2 atom stereocenters. The van der Waals surface area contributed by atoms with E-state index in [2.05, 4.69) is 25.7 Å². The molecule has 1 aliphatic carbocycles. The number of fused-ring (bicyclic) bond motifs is 3. The fourth-order valence-electron chi connectivity index (χ4n) is 3.07. The second-order valence-corrected chi connectivity index (χ2v) is 6.32. The van der Waals surface area contributed by atoms with Crippen molar-refractivity contribution in [3.8, 4) is 0 Å². The van der Waals surface area contributed by atoms with E-state index in [1.54, 1.807) is 0 Å². The van der Waals surface area contributed by atoms with E-state index in [0.29, 0.717) is 5.54 Å². The van der Waals surface area contributed by atoms with Crippen LogP contribution in [-0.4, -0.2) is 23.5 Å². The van der Waals surface area contributed by atoms with Crippen molar-refractivity contribution in [2.45, 2.75) is 58.4 Å². The molecule has 1 aliphatic heterocycles. The van der Waals surface area contributed by atoms with E-state index in [4.69, 9.17) is 0 Å². The molecule has 0 aromatic heterocycles. The Labute approximate surface area is 88.9 Å². The Morgan fingerprint density at radius 3 is 1.79 bits per heavy atom. The van der Waals surface area contributed by atoms with Gasteiger partial charge in [0.15, 0.2) is 0 Å². The zero-order chi connectivity index (χ0) is 10.2. The average molecular weight is 195 g/mol. The van der Waals surface area contributed by atoms with Crippen molar-refractivity contribution in [1.29, 1.82) is 0 Å². The van der Waals surface area contributed by atoms with Gasteiger partial charge in [0.1, 0.15) is 0 Å². The van der Waals surface area contributed by atoms with E-state index in [1.807, 2.05) is 0 Å². The van der Waals surface area contributed by atoms with Crippen LogP contribution in [0.5, 0.6) is 0 Å². The first kappa shape index (κ1) is 10.5. The second kappa shape index (κ2) is 3.84. The highest BCUT2D eigenvalue weighted by atomic mass is 15.2. The Morgan fingerprint density at radius 1 is 0.857 bits per heavy atom. The summed E-state index contributed by atoms with van der Waals surface area (Å²) in [5.41, 5.74) is 0.387. The average Bonchev–Trinajstić information content (AvgIpc) is 2.32. The number of nitrogens with zero attached hydrogens (tertiary/aromatic N) is 1. The van der Waals surface area contributed by atoms with Gasteiger partial charge in [0.25, 0.3) is 0 Å². The standard InChI is InChI=1S/C13H25N/c1-13(2,3)14-9-11-5-4-6-12(10-14)8-7-11/h11-12H,4-10H2,1-3H3. The van der Waals surface area contributed by atoms with Gasteiger partial charge in [0.2, 0.25) is 0 Å². The number of rotatable bonds is 0. The fraction of sp³-hybridized carbons (Fsp3) is 1.00. The van der Waals surface area contributed by atoms with Gasteiger partial charge in [0, 0.05) is 18.6 Å². The van der Waals surface area contributed by atoms with Crippen molar-refractivity contribution in [3.05, 3.63) is 0 Å². The molecule has 0 spiro atoms. The lowest BCUT2D eigenvalue weighted by molar-refractivity contribution is 0.0958. The van der Waals surface area contributed by atoms with Crippen LogP contribution in [0.4, 0.5) is 0 Å². The summed E-state index contributed by atoms with van der Waals surface area (Å²) in [5, 5.41) is 0. The molecule has 1 saturated carbocycles. The van der Waals surface area contributed by atoms with Gasteiger partial charge < -0.3 is 0 Å². The van der Waals surface area contributed by atoms with Gasteiger partial charge in [-0.3, -0.25) is 4.90 Å². The van der Waals surface area contributed by atoms with E-state index in [1.165, 1.54) is 45.2 Å². The van der Waals surface area contributed by atoms with Crippen molar-refractivity contribution in [2.24, 2.45) is 11.8 Å². The summed E-state index contributed by atoms with van der Waals surface area (Å²) in [4.78, 5) is 2.73. The summed E-state index contributed by atoms with van der Waals surface area (Å²) in [6, 6.07) is 0. The van der Waals surface area contributed by atoms with Crippen LogP contribution < -0.4 is 0 Å². The van der Waals surface area contributed by atoms with Gasteiger partial charge in [-0.1, -0.05) is 6.42 Å². The summed E-state index contributed by atoms with van der Waals surface area (Å²) in [6.45, 7) is 9.83. The monoisotopic (exact) mass is 195 g/mol. The molecule has 1 heterocycles. The van der Waals surface area contributed by atoms with Gasteiger partial charge in [-0.2, -0.15) is 0 Å². The first-order chi connectivity index (χ1) is 6.55. The Bertz CT molecular complexity index is 178. The summed E-state index contributed by atoms with van der Waals surface area (Å²) >= 11 is 0. The number of hydrogen-bond acceptors (Lipinski definition) is 1. The predicted octanol–water partition coefficient (Wildman–Crippen LogP) is 3.30. The SMILES string of the molecule is CC(C)(C)N1CC2CCCC(CC2)C1. The van der Waals surface area contributed by atoms with Crippen LogP contribution in [0.3, 0.4) is 0 Å². The van der Waals surface area contributed by atoms with Crippen LogP contribution >= 0.6 is 0 Å². The molecular weight excluding hydrogens is 170 g/mol. The lowest BCUT2D eigenvalue weighted by atomic mass is 9.95. The molecule has 1 nitrogen and oxygen atoms in total. The Kier molecular flexibility index (Phi) is 2.88. The molecule has 2 fully saturated rings. The van der Waals surface area contributed by atoms with Crippen LogP contribution in [0, 0.1) is 11.8 Å². The minimum atomic E-state index is 0.387. The van der Waals surface area contributed by atoms with E-state index in [-0.39, 0.29) is 0 Å². The highest BCUT2D eigenvalue weighted by molar-refractivity contribution is 4.86. The highest BCUT2D eigenvalue weighted by Crippen LogP contribution is 2.34. The first-order valence-corrected chi connectivity index (χ1v) is 6.31. The normalized spacial score (nSPS) is 35.4. The van der Waals surface area contributed by atoms with Crippen molar-refractivity contribution >= 4 is 0 Å². The Morgan fingerprint density at radius 2 is 1.36 bits per heavy atom. The molecule has 1 heteroatoms. The van der Waals surface area contributed by atoms with Crippen molar-refractivity contribution in [3.63, 3.8) is 0 Å². The lowest BCUT2D eigenvalue weighted by Gasteiger charge is -2.39. The van der Waals surface area contributed by atoms with Crippen molar-refractivity contribution in [2.75, 3.05) is 13.1 Å². The van der Waals surface area contributed by atoms with E-state index >= 15 is 0 Å². The molecule has 14 heavy (non-hydrogen) atoms. The van der Waals surface area contributed by atoms with Crippen LogP contribution in [0.15, 0.2) is 0 Å². The third-order valence-corrected chi connectivity index (χ3v) is 4.11. The van der Waals surface area contributed by atoms with E-state index in [9.17, 15) is 0 Å². The summed E-state index contributed by atoms with van der Waals surface area (Å²) in [5.74, 6) is 2.00. The quantitative estimate of drug-likeness (QED) is 0.573. The topological polar surface area (TPSA) is 3.24 Å². The van der Waals surface area contributed by atoms with Crippen molar-refractivity contribution in [1.82, 2.24) is 4.90 Å². The molecule has 0 N–H and O–H groups in total. The maximum absolute atomic E-state index is 2.73. The molecule has 0 aromatic carbocycles. The third kappa shape index (κ3) is 2.31. The second-order valence-electron chi connectivity index (χ2n) is 6.32. The third-order valence-electron chi connectivity index (χ3n) is 4.11. The Balaban J connectivity index is 2.08. The highest BCUT2D eigenvalue weighted by Gasteiger charge is 2.32. The molecule has 2 rings (SSSR count). The molecule has 0 radical (unpaired) electrons. The van der Waals surface area contributed by atoms with Gasteiger partial charge in [-0.05, 0) is 58.3 Å². The lowest BCUT2D eigenvalue weighted by Crippen LogP contribution is -2.45. The molecule has 0 amide bonds. The zero-order valence-electron chi connectivity index (χ0n) is 10.1. The summed E-state index contributed by atoms with van der Waals surface area (Å²) in [7, 11) is 0. The van der Waals surface area contributed by atoms with Crippen LogP contribution in [0.2, 0.25) is 0 Å². The molecular formula is C13H25N. The minimum absolute atomic E-state index is 0.387. The molecule has 82 valence electrons. The predicted molar refractivity (Wildman–Crippen MR) is 61.4 cm³/mol. The fourth-order valence-corrected chi connectivity index (χ4v) is 3.07. The molecule has 1 saturated heterocycles. The number of likely N-dealkylation sites (tertiary alicyclic amines) is 1. The van der Waals surface area contributed by atoms with Crippen molar-refractivity contribution < 1.29 is 0 Å². The number of hydrogen-bond donors (Lipinski definition) is 0. The maximum atomic E-state index is 2.73. The molecule has 2 bridgehead atoms. The van der Waals surface area contributed by atoms with E-state index in [0.717, 1.165) is 11.8 Å². The molecule has 2 aliphatic rings. The smallest absolute Gasteiger partial charge is 0.0125 e. The van der Waals surface area contributed by atoms with E-state index < -0.39 is 0 Å². The first-order valence-electron chi connectivity index (χ1n) is 6.31. The summed E-state index contributed by atoms with van der Waals surface area (Å²) < 4.78 is 0. The molecule has 0 aromatic rings. The zero-order valence-corrected chi connectivity index (χ0v) is 10.1.